The largest absolute Gasteiger partial charge is 0.463 e. The van der Waals surface area contributed by atoms with Crippen molar-refractivity contribution in [2.75, 3.05) is 0 Å². The molecule has 1 unspecified atom stereocenters. The minimum atomic E-state index is -0.169. The third kappa shape index (κ3) is 1.29. The van der Waals surface area contributed by atoms with Gasteiger partial charge in [0.25, 0.3) is 0 Å². The van der Waals surface area contributed by atoms with Crippen LogP contribution in [0.15, 0.2) is 27.3 Å². The monoisotopic (exact) mass is 218 g/mol. The highest BCUT2D eigenvalue weighted by atomic mass is 16.5. The van der Waals surface area contributed by atoms with E-state index in [4.69, 9.17) is 14.7 Å². The Hall–Kier alpha value is -1.88. The van der Waals surface area contributed by atoms with E-state index in [1.807, 2.05) is 0 Å². The van der Waals surface area contributed by atoms with Gasteiger partial charge < -0.3 is 14.7 Å². The summed E-state index contributed by atoms with van der Waals surface area (Å²) in [5.74, 6) is 1.09. The normalized spacial score (nSPS) is 19.8. The van der Waals surface area contributed by atoms with E-state index in [0.717, 1.165) is 0 Å². The van der Waals surface area contributed by atoms with E-state index < -0.39 is 0 Å². The first-order valence-electron chi connectivity index (χ1n) is 5.07. The van der Waals surface area contributed by atoms with Crippen LogP contribution in [0, 0.1) is 0 Å². The van der Waals surface area contributed by atoms with Crippen LogP contribution in [0.1, 0.15) is 22.5 Å². The molecule has 1 aliphatic carbocycles. The summed E-state index contributed by atoms with van der Waals surface area (Å²) < 4.78 is 10.4. The van der Waals surface area contributed by atoms with Crippen LogP contribution >= 0.6 is 0 Å². The summed E-state index contributed by atoms with van der Waals surface area (Å²) in [6, 6.07) is 3.33. The van der Waals surface area contributed by atoms with Crippen LogP contribution in [-0.4, -0.2) is 17.0 Å². The van der Waals surface area contributed by atoms with Crippen molar-refractivity contribution in [2.24, 2.45) is 5.73 Å². The average molecular weight is 218 g/mol. The third-order valence-corrected chi connectivity index (χ3v) is 2.69. The molecule has 2 N–H and O–H groups in total. The molecule has 5 heteroatoms. The molecule has 1 atom stereocenters. The lowest BCUT2D eigenvalue weighted by Gasteiger charge is -2.14. The summed E-state index contributed by atoms with van der Waals surface area (Å²) >= 11 is 0. The number of Topliss-reactive ketones (excluding diaryl/α,β-unsaturated/α-hetero) is 1. The number of carbonyl (C=O) groups is 1. The molecule has 5 nitrogen and oxygen atoms in total. The maximum atomic E-state index is 11.9. The Morgan fingerprint density at radius 1 is 1.44 bits per heavy atom. The van der Waals surface area contributed by atoms with E-state index in [9.17, 15) is 4.79 Å². The van der Waals surface area contributed by atoms with Crippen LogP contribution in [-0.2, 0) is 6.42 Å². The van der Waals surface area contributed by atoms with Crippen molar-refractivity contribution in [2.45, 2.75) is 18.9 Å². The van der Waals surface area contributed by atoms with Crippen molar-refractivity contribution in [3.05, 3.63) is 29.7 Å². The first kappa shape index (κ1) is 9.35. The zero-order chi connectivity index (χ0) is 11.1. The summed E-state index contributed by atoms with van der Waals surface area (Å²) in [5, 5.41) is 3.88. The van der Waals surface area contributed by atoms with E-state index >= 15 is 0 Å². The summed E-state index contributed by atoms with van der Waals surface area (Å²) in [4.78, 5) is 11.9. The average Bonchev–Trinajstić information content (AvgIpc) is 2.82. The maximum absolute atomic E-state index is 11.9. The molecule has 0 bridgehead atoms. The first-order chi connectivity index (χ1) is 7.75. The van der Waals surface area contributed by atoms with Gasteiger partial charge in [-0.1, -0.05) is 5.16 Å². The van der Waals surface area contributed by atoms with Crippen LogP contribution in [0.3, 0.4) is 0 Å². The fourth-order valence-corrected chi connectivity index (χ4v) is 1.98. The second kappa shape index (κ2) is 3.31. The van der Waals surface area contributed by atoms with Gasteiger partial charge in [-0.2, -0.15) is 0 Å². The van der Waals surface area contributed by atoms with E-state index in [1.54, 1.807) is 12.1 Å². The van der Waals surface area contributed by atoms with Crippen molar-refractivity contribution in [1.82, 2.24) is 5.16 Å². The van der Waals surface area contributed by atoms with Gasteiger partial charge in [0.05, 0.1) is 11.8 Å². The summed E-state index contributed by atoms with van der Waals surface area (Å²) in [6.07, 6.45) is 2.42. The number of hydrogen-bond acceptors (Lipinski definition) is 5. The van der Waals surface area contributed by atoms with E-state index in [0.29, 0.717) is 35.6 Å². The standard InChI is InChI=1S/C11H10N2O3/c12-6-4-7(14)10-9(5-6)16-13-11(10)8-2-1-3-15-8/h1-3,6H,4-5,12H2. The molecular formula is C11H10N2O3. The van der Waals surface area contributed by atoms with Gasteiger partial charge in [0.1, 0.15) is 5.76 Å². The number of hydrogen-bond donors (Lipinski definition) is 1. The van der Waals surface area contributed by atoms with Gasteiger partial charge in [-0.25, -0.2) is 0 Å². The molecular weight excluding hydrogens is 208 g/mol. The summed E-state index contributed by atoms with van der Waals surface area (Å²) in [7, 11) is 0. The Balaban J connectivity index is 2.14. The van der Waals surface area contributed by atoms with Crippen LogP contribution in [0.25, 0.3) is 11.5 Å². The Labute approximate surface area is 91.2 Å². The Bertz CT molecular complexity index is 527. The molecule has 0 saturated carbocycles. The van der Waals surface area contributed by atoms with E-state index in [-0.39, 0.29) is 11.8 Å². The van der Waals surface area contributed by atoms with Gasteiger partial charge in [-0.15, -0.1) is 0 Å². The number of carbonyl (C=O) groups excluding carboxylic acids is 1. The Morgan fingerprint density at radius 2 is 2.31 bits per heavy atom. The van der Waals surface area contributed by atoms with Crippen molar-refractivity contribution in [3.8, 4) is 11.5 Å². The van der Waals surface area contributed by atoms with Crippen molar-refractivity contribution in [1.29, 1.82) is 0 Å². The molecule has 0 aliphatic heterocycles. The zero-order valence-corrected chi connectivity index (χ0v) is 8.47. The lowest BCUT2D eigenvalue weighted by molar-refractivity contribution is 0.0961. The molecule has 0 amide bonds. The van der Waals surface area contributed by atoms with Gasteiger partial charge >= 0.3 is 0 Å². The highest BCUT2D eigenvalue weighted by Gasteiger charge is 2.31. The van der Waals surface area contributed by atoms with Gasteiger partial charge in [0.15, 0.2) is 17.2 Å². The summed E-state index contributed by atoms with van der Waals surface area (Å²) in [5.41, 5.74) is 6.74. The highest BCUT2D eigenvalue weighted by Crippen LogP contribution is 2.30. The van der Waals surface area contributed by atoms with Gasteiger partial charge in [0, 0.05) is 18.9 Å². The molecule has 82 valence electrons. The number of aromatic nitrogens is 1. The molecule has 0 spiro atoms. The molecule has 0 saturated heterocycles. The molecule has 2 heterocycles. The second-order valence-corrected chi connectivity index (χ2v) is 3.90. The van der Waals surface area contributed by atoms with Crippen molar-refractivity contribution in [3.63, 3.8) is 0 Å². The fraction of sp³-hybridized carbons (Fsp3) is 0.273. The second-order valence-electron chi connectivity index (χ2n) is 3.90. The lowest BCUT2D eigenvalue weighted by Crippen LogP contribution is -2.31. The minimum Gasteiger partial charge on any atom is -0.463 e. The minimum absolute atomic E-state index is 0.0265. The molecule has 0 radical (unpaired) electrons. The van der Waals surface area contributed by atoms with E-state index in [2.05, 4.69) is 5.16 Å². The topological polar surface area (TPSA) is 82.3 Å². The quantitative estimate of drug-likeness (QED) is 0.782. The predicted octanol–water partition coefficient (Wildman–Crippen LogP) is 1.39. The number of fused-ring (bicyclic) bond motifs is 1. The Morgan fingerprint density at radius 3 is 3.06 bits per heavy atom. The zero-order valence-electron chi connectivity index (χ0n) is 8.47. The van der Waals surface area contributed by atoms with Crippen LogP contribution < -0.4 is 5.73 Å². The van der Waals surface area contributed by atoms with Crippen molar-refractivity contribution >= 4 is 5.78 Å². The Kier molecular flexibility index (Phi) is 1.94. The van der Waals surface area contributed by atoms with Gasteiger partial charge in [0.2, 0.25) is 0 Å². The lowest BCUT2D eigenvalue weighted by atomic mass is 9.91. The van der Waals surface area contributed by atoms with Crippen LogP contribution in [0.5, 0.6) is 0 Å². The number of nitrogens with zero attached hydrogens (tertiary/aromatic N) is 1. The SMILES string of the molecule is NC1CC(=O)c2c(-c3ccco3)noc2C1. The predicted molar refractivity (Wildman–Crippen MR) is 54.8 cm³/mol. The smallest absolute Gasteiger partial charge is 0.170 e. The van der Waals surface area contributed by atoms with Gasteiger partial charge in [-0.3, -0.25) is 4.79 Å². The number of rotatable bonds is 1. The number of ketones is 1. The maximum Gasteiger partial charge on any atom is 0.170 e. The number of furan rings is 1. The highest BCUT2D eigenvalue weighted by molar-refractivity contribution is 6.03. The number of nitrogens with two attached hydrogens (primary N) is 1. The molecule has 3 rings (SSSR count). The summed E-state index contributed by atoms with van der Waals surface area (Å²) in [6.45, 7) is 0. The molecule has 0 aromatic carbocycles. The first-order valence-corrected chi connectivity index (χ1v) is 5.07. The van der Waals surface area contributed by atoms with Crippen LogP contribution in [0.4, 0.5) is 0 Å². The molecule has 1 aliphatic rings. The molecule has 2 aromatic heterocycles. The molecule has 16 heavy (non-hydrogen) atoms. The van der Waals surface area contributed by atoms with Crippen LogP contribution in [0.2, 0.25) is 0 Å². The van der Waals surface area contributed by atoms with Crippen molar-refractivity contribution < 1.29 is 13.7 Å². The third-order valence-electron chi connectivity index (χ3n) is 2.69. The molecule has 0 fully saturated rings. The molecule has 2 aromatic rings. The van der Waals surface area contributed by atoms with Gasteiger partial charge in [-0.05, 0) is 12.1 Å². The van der Waals surface area contributed by atoms with E-state index in [1.165, 1.54) is 6.26 Å². The fourth-order valence-electron chi connectivity index (χ4n) is 1.98.